The average molecular weight is 597 g/mol. The molecule has 1 aromatic carbocycles. The van der Waals surface area contributed by atoms with Crippen molar-refractivity contribution in [1.29, 1.82) is 0 Å². The average Bonchev–Trinajstić information content (AvgIpc) is 3.74. The zero-order chi connectivity index (χ0) is 29.3. The first-order chi connectivity index (χ1) is 20.4. The molecule has 4 heterocycles. The number of piperazine rings is 1. The number of nitrogens with zero attached hydrogens (tertiary/aromatic N) is 4. The van der Waals surface area contributed by atoms with Gasteiger partial charge in [-0.05, 0) is 25.0 Å². The number of anilines is 1. The molecule has 1 saturated carbocycles. The molecule has 0 spiro atoms. The van der Waals surface area contributed by atoms with E-state index >= 15 is 0 Å². The second kappa shape index (κ2) is 12.4. The number of methoxy groups -OCH3 is 1. The van der Waals surface area contributed by atoms with Crippen molar-refractivity contribution in [3.63, 3.8) is 0 Å². The lowest BCUT2D eigenvalue weighted by atomic mass is 9.80. The highest BCUT2D eigenvalue weighted by molar-refractivity contribution is 7.14. The Labute approximate surface area is 250 Å². The maximum atomic E-state index is 14.0. The normalized spacial score (nSPS) is 26.0. The summed E-state index contributed by atoms with van der Waals surface area (Å²) in [6.07, 6.45) is 3.27. The van der Waals surface area contributed by atoms with Crippen molar-refractivity contribution >= 4 is 34.1 Å². The first-order valence-corrected chi connectivity index (χ1v) is 15.8. The number of carbonyl (C=O) groups excluding carboxylic acids is 3. The molecule has 4 aliphatic rings. The summed E-state index contributed by atoms with van der Waals surface area (Å²) in [5.74, 6) is -0.636. The molecule has 3 N–H and O–H groups in total. The molecule has 42 heavy (non-hydrogen) atoms. The molecule has 2 aromatic rings. The maximum absolute atomic E-state index is 14.0. The van der Waals surface area contributed by atoms with Gasteiger partial charge in [-0.15, -0.1) is 11.3 Å². The van der Waals surface area contributed by atoms with Crippen LogP contribution in [0.4, 0.5) is 5.13 Å². The molecule has 3 aliphatic heterocycles. The topological polar surface area (TPSA) is 130 Å². The van der Waals surface area contributed by atoms with E-state index in [1.54, 1.807) is 35.5 Å². The van der Waals surface area contributed by atoms with E-state index in [1.165, 1.54) is 0 Å². The molecule has 1 aliphatic carbocycles. The number of hydrogen-bond donors (Lipinski definition) is 2. The van der Waals surface area contributed by atoms with Gasteiger partial charge in [0.1, 0.15) is 24.3 Å². The van der Waals surface area contributed by atoms with Gasteiger partial charge in [-0.1, -0.05) is 31.4 Å². The predicted octanol–water partition coefficient (Wildman–Crippen LogP) is 1.52. The van der Waals surface area contributed by atoms with Gasteiger partial charge in [-0.3, -0.25) is 19.3 Å². The van der Waals surface area contributed by atoms with E-state index in [1.807, 2.05) is 12.1 Å². The van der Waals surface area contributed by atoms with Crippen molar-refractivity contribution in [2.75, 3.05) is 64.5 Å². The van der Waals surface area contributed by atoms with Crippen molar-refractivity contribution in [3.05, 3.63) is 35.2 Å². The molecule has 4 fully saturated rings. The highest BCUT2D eigenvalue weighted by Gasteiger charge is 2.55. The molecule has 0 bridgehead atoms. The third kappa shape index (κ3) is 5.70. The van der Waals surface area contributed by atoms with Crippen LogP contribution >= 0.6 is 11.3 Å². The molecule has 11 nitrogen and oxygen atoms in total. The van der Waals surface area contributed by atoms with E-state index < -0.39 is 23.7 Å². The fourth-order valence-electron chi connectivity index (χ4n) is 6.73. The Morgan fingerprint density at radius 3 is 2.60 bits per heavy atom. The summed E-state index contributed by atoms with van der Waals surface area (Å²) in [6, 6.07) is 6.32. The summed E-state index contributed by atoms with van der Waals surface area (Å²) in [7, 11) is 1.73. The Kier molecular flexibility index (Phi) is 8.60. The van der Waals surface area contributed by atoms with Crippen molar-refractivity contribution in [1.82, 2.24) is 20.1 Å². The van der Waals surface area contributed by atoms with Crippen molar-refractivity contribution in [2.45, 2.75) is 55.8 Å². The fourth-order valence-corrected chi connectivity index (χ4v) is 7.62. The summed E-state index contributed by atoms with van der Waals surface area (Å²) in [5, 5.41) is 6.16. The number of thiazole rings is 1. The molecule has 226 valence electrons. The van der Waals surface area contributed by atoms with E-state index in [9.17, 15) is 14.4 Å². The minimum absolute atomic E-state index is 0.0233. The van der Waals surface area contributed by atoms with Crippen molar-refractivity contribution in [2.24, 2.45) is 5.73 Å². The Bertz CT molecular complexity index is 1290. The van der Waals surface area contributed by atoms with Gasteiger partial charge in [0.15, 0.2) is 10.9 Å². The van der Waals surface area contributed by atoms with E-state index in [0.29, 0.717) is 18.4 Å². The Morgan fingerprint density at radius 2 is 1.88 bits per heavy atom. The minimum Gasteiger partial charge on any atom is -0.383 e. The van der Waals surface area contributed by atoms with Crippen LogP contribution in [0.5, 0.6) is 0 Å². The van der Waals surface area contributed by atoms with Gasteiger partial charge in [-0.25, -0.2) is 4.98 Å². The number of carbonyl (C=O) groups is 3. The lowest BCUT2D eigenvalue weighted by Gasteiger charge is -2.40. The summed E-state index contributed by atoms with van der Waals surface area (Å²) in [6.45, 7) is 5.77. The van der Waals surface area contributed by atoms with Crippen LogP contribution in [0, 0.1) is 0 Å². The summed E-state index contributed by atoms with van der Waals surface area (Å²) >= 11 is 1.63. The number of hydrogen-bond acceptors (Lipinski definition) is 10. The van der Waals surface area contributed by atoms with Crippen LogP contribution in [0.1, 0.15) is 42.5 Å². The number of amides is 2. The van der Waals surface area contributed by atoms with Gasteiger partial charge in [-0.2, -0.15) is 0 Å². The molecule has 3 atom stereocenters. The van der Waals surface area contributed by atoms with Crippen LogP contribution in [0.3, 0.4) is 0 Å². The zero-order valence-corrected chi connectivity index (χ0v) is 24.9. The molecule has 6 rings (SSSR count). The van der Waals surface area contributed by atoms with Crippen LogP contribution in [0.2, 0.25) is 0 Å². The second-order valence-corrected chi connectivity index (χ2v) is 12.7. The largest absolute Gasteiger partial charge is 0.383 e. The van der Waals surface area contributed by atoms with Crippen LogP contribution in [0.25, 0.3) is 11.3 Å². The van der Waals surface area contributed by atoms with Crippen LogP contribution in [0.15, 0.2) is 29.6 Å². The Morgan fingerprint density at radius 1 is 1.14 bits per heavy atom. The van der Waals surface area contributed by atoms with Gasteiger partial charge >= 0.3 is 0 Å². The van der Waals surface area contributed by atoms with E-state index in [-0.39, 0.29) is 30.7 Å². The zero-order valence-electron chi connectivity index (χ0n) is 24.1. The SMILES string of the molecule is COCCN1CCN(c2nc(-c3ccc(C(=O)NC4(C(=O)N5C[C@@H](N)[C@H]6OCC(=O)[C@H]65)CCCCC4)cc3)cs2)CC1. The van der Waals surface area contributed by atoms with Gasteiger partial charge < -0.3 is 30.3 Å². The van der Waals surface area contributed by atoms with Crippen molar-refractivity contribution in [3.8, 4) is 11.3 Å². The maximum Gasteiger partial charge on any atom is 0.252 e. The number of Topliss-reactive ketones (excluding diaryl/α,β-unsaturated/α-hetero) is 1. The molecule has 2 amide bonds. The number of nitrogens with two attached hydrogens (primary N) is 1. The molecule has 0 radical (unpaired) electrons. The summed E-state index contributed by atoms with van der Waals surface area (Å²) < 4.78 is 10.8. The first-order valence-electron chi connectivity index (χ1n) is 14.9. The Hall–Kier alpha value is -2.90. The lowest BCUT2D eigenvalue weighted by molar-refractivity contribution is -0.143. The Balaban J connectivity index is 1.12. The highest BCUT2D eigenvalue weighted by atomic mass is 32.1. The number of aromatic nitrogens is 1. The third-order valence-corrected chi connectivity index (χ3v) is 10.0. The third-order valence-electron chi connectivity index (χ3n) is 9.14. The van der Waals surface area contributed by atoms with Gasteiger partial charge in [0.25, 0.3) is 5.91 Å². The van der Waals surface area contributed by atoms with Gasteiger partial charge in [0, 0.05) is 62.9 Å². The summed E-state index contributed by atoms with van der Waals surface area (Å²) in [5.41, 5.74) is 7.48. The van der Waals surface area contributed by atoms with Crippen LogP contribution in [-0.2, 0) is 19.1 Å². The number of ketones is 1. The quantitative estimate of drug-likeness (QED) is 0.466. The van der Waals surface area contributed by atoms with Crippen molar-refractivity contribution < 1.29 is 23.9 Å². The molecule has 3 saturated heterocycles. The minimum atomic E-state index is -1.05. The van der Waals surface area contributed by atoms with Gasteiger partial charge in [0.05, 0.1) is 18.3 Å². The van der Waals surface area contributed by atoms with Crippen LogP contribution in [-0.4, -0.2) is 116 Å². The van der Waals surface area contributed by atoms with E-state index in [2.05, 4.69) is 20.5 Å². The molecule has 12 heteroatoms. The smallest absolute Gasteiger partial charge is 0.252 e. The monoisotopic (exact) mass is 596 g/mol. The predicted molar refractivity (Wildman–Crippen MR) is 160 cm³/mol. The summed E-state index contributed by atoms with van der Waals surface area (Å²) in [4.78, 5) is 51.2. The van der Waals surface area contributed by atoms with E-state index in [4.69, 9.17) is 20.2 Å². The molecular weight excluding hydrogens is 556 g/mol. The molecule has 0 unspecified atom stereocenters. The number of fused-ring (bicyclic) bond motifs is 1. The van der Waals surface area contributed by atoms with E-state index in [0.717, 1.165) is 75.0 Å². The second-order valence-electron chi connectivity index (χ2n) is 11.8. The molecule has 1 aromatic heterocycles. The number of rotatable bonds is 8. The fraction of sp³-hybridized carbons (Fsp3) is 0.600. The number of nitrogens with one attached hydrogen (secondary N) is 1. The molecular formula is C30H40N6O5S. The van der Waals surface area contributed by atoms with Crippen LogP contribution < -0.4 is 16.0 Å². The number of likely N-dealkylation sites (tertiary alicyclic amines) is 1. The number of benzene rings is 1. The lowest BCUT2D eigenvalue weighted by Crippen LogP contribution is -2.62. The first kappa shape index (κ1) is 29.2. The number of ether oxygens (including phenoxy) is 2. The standard InChI is InChI=1S/C30H40N6O5S/c1-40-16-15-34-11-13-35(14-12-34)29-32-23(19-42-29)20-5-7-21(8-6-20)27(38)33-30(9-3-2-4-10-30)28(39)36-17-22(31)26-25(36)24(37)18-41-26/h5-8,19,22,25-26H,2-4,9-18,31H2,1H3,(H,33,38)/t22-,25-,26-/m1/s1. The van der Waals surface area contributed by atoms with Gasteiger partial charge in [0.2, 0.25) is 5.91 Å². The highest BCUT2D eigenvalue weighted by Crippen LogP contribution is 2.35.